The lowest BCUT2D eigenvalue weighted by molar-refractivity contribution is 0.0543. The van der Waals surface area contributed by atoms with Crippen LogP contribution in [-0.2, 0) is 9.47 Å². The number of rotatable bonds is 1. The fourth-order valence-electron chi connectivity index (χ4n) is 2.22. The number of carbonyl (C=O) groups excluding carboxylic acids is 2. The maximum Gasteiger partial charge on any atom is 0.419 e. The smallest absolute Gasteiger partial charge is 0.419 e. The van der Waals surface area contributed by atoms with Crippen LogP contribution in [-0.4, -0.2) is 28.0 Å². The van der Waals surface area contributed by atoms with E-state index in [-0.39, 0.29) is 0 Å². The summed E-state index contributed by atoms with van der Waals surface area (Å²) in [5.74, 6) is 0. The molecule has 0 saturated carbocycles. The third-order valence-corrected chi connectivity index (χ3v) is 3.30. The number of anilines is 1. The quantitative estimate of drug-likeness (QED) is 0.731. The number of hydrogen-bond acceptors (Lipinski definition) is 4. The van der Waals surface area contributed by atoms with Crippen molar-refractivity contribution in [2.75, 3.05) is 5.32 Å². The summed E-state index contributed by atoms with van der Waals surface area (Å²) < 4.78 is 12.0. The lowest BCUT2D eigenvalue weighted by Gasteiger charge is -2.20. The molecule has 0 saturated heterocycles. The molecule has 1 amide bonds. The largest absolute Gasteiger partial charge is 0.444 e. The van der Waals surface area contributed by atoms with Crippen molar-refractivity contribution in [2.45, 2.75) is 52.7 Å². The third-order valence-electron chi connectivity index (χ3n) is 3.01. The summed E-state index contributed by atoms with van der Waals surface area (Å²) >= 11 is 6.29. The zero-order valence-electron chi connectivity index (χ0n) is 15.3. The van der Waals surface area contributed by atoms with Crippen molar-refractivity contribution in [2.24, 2.45) is 0 Å². The highest BCUT2D eigenvalue weighted by Crippen LogP contribution is 2.33. The number of nitrogens with zero attached hydrogens (tertiary/aromatic N) is 1. The highest BCUT2D eigenvalue weighted by Gasteiger charge is 2.23. The Kier molecular flexibility index (Phi) is 5.04. The minimum Gasteiger partial charge on any atom is -0.444 e. The van der Waals surface area contributed by atoms with Gasteiger partial charge in [-0.25, -0.2) is 9.59 Å². The monoisotopic (exact) mass is 366 g/mol. The maximum absolute atomic E-state index is 12.4. The van der Waals surface area contributed by atoms with Gasteiger partial charge in [0.15, 0.2) is 0 Å². The van der Waals surface area contributed by atoms with E-state index in [2.05, 4.69) is 5.32 Å². The summed E-state index contributed by atoms with van der Waals surface area (Å²) in [6, 6.07) is 5.13. The third kappa shape index (κ3) is 4.89. The predicted molar refractivity (Wildman–Crippen MR) is 98.4 cm³/mol. The van der Waals surface area contributed by atoms with Gasteiger partial charge in [-0.05, 0) is 53.7 Å². The Morgan fingerprint density at radius 3 is 2.20 bits per heavy atom. The second-order valence-electron chi connectivity index (χ2n) is 7.65. The molecule has 6 nitrogen and oxygen atoms in total. The van der Waals surface area contributed by atoms with E-state index in [1.165, 1.54) is 10.8 Å². The highest BCUT2D eigenvalue weighted by atomic mass is 35.5. The Bertz CT molecular complexity index is 813. The van der Waals surface area contributed by atoms with Crippen molar-refractivity contribution < 1.29 is 19.1 Å². The van der Waals surface area contributed by atoms with Crippen molar-refractivity contribution in [1.82, 2.24) is 4.57 Å². The molecule has 2 aromatic rings. The Morgan fingerprint density at radius 1 is 1.04 bits per heavy atom. The molecule has 0 spiro atoms. The number of carbonyl (C=O) groups is 2. The first kappa shape index (κ1) is 19.1. The highest BCUT2D eigenvalue weighted by molar-refractivity contribution is 6.37. The van der Waals surface area contributed by atoms with E-state index in [1.54, 1.807) is 59.7 Å². The maximum atomic E-state index is 12.4. The molecule has 7 heteroatoms. The Balaban J connectivity index is 2.39. The van der Waals surface area contributed by atoms with E-state index in [0.29, 0.717) is 21.6 Å². The van der Waals surface area contributed by atoms with Gasteiger partial charge in [-0.15, -0.1) is 0 Å². The minimum atomic E-state index is -0.632. The normalized spacial score (nSPS) is 12.1. The molecule has 1 aromatic carbocycles. The lowest BCUT2D eigenvalue weighted by Crippen LogP contribution is -2.27. The van der Waals surface area contributed by atoms with E-state index in [0.717, 1.165) is 0 Å². The molecule has 25 heavy (non-hydrogen) atoms. The summed E-state index contributed by atoms with van der Waals surface area (Å²) in [7, 11) is 0. The van der Waals surface area contributed by atoms with E-state index < -0.39 is 23.4 Å². The van der Waals surface area contributed by atoms with E-state index in [9.17, 15) is 9.59 Å². The van der Waals surface area contributed by atoms with Crippen LogP contribution in [0.25, 0.3) is 10.9 Å². The molecular weight excluding hydrogens is 344 g/mol. The van der Waals surface area contributed by atoms with Gasteiger partial charge in [0.2, 0.25) is 0 Å². The minimum absolute atomic E-state index is 0.326. The summed E-state index contributed by atoms with van der Waals surface area (Å²) in [5.41, 5.74) is -0.261. The zero-order valence-corrected chi connectivity index (χ0v) is 16.0. The molecule has 0 atom stereocenters. The summed E-state index contributed by atoms with van der Waals surface area (Å²) in [5, 5.41) is 3.54. The average Bonchev–Trinajstić information content (AvgIpc) is 2.73. The standard InChI is InChI=1S/C18H23ClN2O4/c1-17(2,3)24-15(22)20-12-8-7-9-13-14(12)11(19)10-21(13)16(23)25-18(4,5)6/h7-10H,1-6H3,(H,20,22). The number of nitrogens with one attached hydrogen (secondary N) is 1. The number of benzene rings is 1. The molecule has 0 radical (unpaired) electrons. The van der Waals surface area contributed by atoms with E-state index in [1.807, 2.05) is 0 Å². The van der Waals surface area contributed by atoms with Crippen LogP contribution in [0, 0.1) is 0 Å². The van der Waals surface area contributed by atoms with Gasteiger partial charge in [-0.3, -0.25) is 9.88 Å². The van der Waals surface area contributed by atoms with Gasteiger partial charge >= 0.3 is 12.2 Å². The zero-order chi connectivity index (χ0) is 19.0. The van der Waals surface area contributed by atoms with Crippen LogP contribution in [0.5, 0.6) is 0 Å². The molecule has 1 heterocycles. The molecule has 0 fully saturated rings. The molecule has 0 aliphatic carbocycles. The van der Waals surface area contributed by atoms with Gasteiger partial charge < -0.3 is 9.47 Å². The molecule has 136 valence electrons. The number of hydrogen-bond donors (Lipinski definition) is 1. The number of fused-ring (bicyclic) bond motifs is 1. The number of amides is 1. The first-order valence-corrected chi connectivity index (χ1v) is 8.28. The van der Waals surface area contributed by atoms with Crippen LogP contribution >= 0.6 is 11.6 Å². The fourth-order valence-corrected chi connectivity index (χ4v) is 2.52. The molecule has 0 aliphatic rings. The Morgan fingerprint density at radius 2 is 1.64 bits per heavy atom. The van der Waals surface area contributed by atoms with Crippen molar-refractivity contribution in [1.29, 1.82) is 0 Å². The lowest BCUT2D eigenvalue weighted by atomic mass is 10.2. The molecule has 0 unspecified atom stereocenters. The van der Waals surface area contributed by atoms with Crippen LogP contribution in [0.2, 0.25) is 5.02 Å². The summed E-state index contributed by atoms with van der Waals surface area (Å²) in [6.45, 7) is 10.7. The second-order valence-corrected chi connectivity index (χ2v) is 8.06. The van der Waals surface area contributed by atoms with Gasteiger partial charge in [0.25, 0.3) is 0 Å². The van der Waals surface area contributed by atoms with E-state index in [4.69, 9.17) is 21.1 Å². The number of aromatic nitrogens is 1. The summed E-state index contributed by atoms with van der Waals surface area (Å²) in [4.78, 5) is 24.4. The fraction of sp³-hybridized carbons (Fsp3) is 0.444. The molecule has 1 N–H and O–H groups in total. The van der Waals surface area contributed by atoms with Crippen LogP contribution in [0.15, 0.2) is 24.4 Å². The average molecular weight is 367 g/mol. The Labute approximate surface area is 152 Å². The SMILES string of the molecule is CC(C)(C)OC(=O)Nc1cccc2c1c(Cl)cn2C(=O)OC(C)(C)C. The predicted octanol–water partition coefficient (Wildman–Crippen LogP) is 5.42. The number of halogens is 1. The summed E-state index contributed by atoms with van der Waals surface area (Å²) in [6.07, 6.45) is 0.334. The van der Waals surface area contributed by atoms with Crippen molar-refractivity contribution >= 4 is 40.4 Å². The van der Waals surface area contributed by atoms with Gasteiger partial charge in [-0.2, -0.15) is 0 Å². The van der Waals surface area contributed by atoms with Crippen LogP contribution in [0.4, 0.5) is 15.3 Å². The van der Waals surface area contributed by atoms with Crippen molar-refractivity contribution in [3.8, 4) is 0 Å². The topological polar surface area (TPSA) is 69.6 Å². The van der Waals surface area contributed by atoms with Gasteiger partial charge in [0.1, 0.15) is 11.2 Å². The van der Waals surface area contributed by atoms with Crippen molar-refractivity contribution in [3.63, 3.8) is 0 Å². The molecule has 2 rings (SSSR count). The molecular formula is C18H23ClN2O4. The van der Waals surface area contributed by atoms with Crippen molar-refractivity contribution in [3.05, 3.63) is 29.4 Å². The van der Waals surface area contributed by atoms with Crippen LogP contribution in [0.1, 0.15) is 41.5 Å². The molecule has 0 bridgehead atoms. The second kappa shape index (κ2) is 6.59. The first-order valence-electron chi connectivity index (χ1n) is 7.90. The first-order chi connectivity index (χ1) is 11.4. The van der Waals surface area contributed by atoms with Gasteiger partial charge in [-0.1, -0.05) is 17.7 Å². The van der Waals surface area contributed by atoms with Gasteiger partial charge in [0.05, 0.1) is 16.2 Å². The molecule has 0 aliphatic heterocycles. The molecule has 1 aromatic heterocycles. The van der Waals surface area contributed by atoms with Gasteiger partial charge in [0, 0.05) is 11.6 Å². The van der Waals surface area contributed by atoms with Crippen LogP contribution < -0.4 is 5.32 Å². The number of ether oxygens (including phenoxy) is 2. The van der Waals surface area contributed by atoms with E-state index >= 15 is 0 Å². The van der Waals surface area contributed by atoms with Crippen LogP contribution in [0.3, 0.4) is 0 Å². The Hall–Kier alpha value is -2.21.